The summed E-state index contributed by atoms with van der Waals surface area (Å²) in [5.41, 5.74) is 0.775. The largest absolute Gasteiger partial charge is 0.497 e. The molecule has 0 saturated heterocycles. The van der Waals surface area contributed by atoms with Crippen LogP contribution in [0, 0.1) is 0 Å². The molecule has 2 radical (unpaired) electrons. The lowest BCUT2D eigenvalue weighted by Gasteiger charge is -2.32. The van der Waals surface area contributed by atoms with Crippen molar-refractivity contribution in [2.45, 2.75) is 37.3 Å². The van der Waals surface area contributed by atoms with E-state index in [4.69, 9.17) is 17.1 Å². The van der Waals surface area contributed by atoms with Gasteiger partial charge in [-0.25, -0.2) is 0 Å². The van der Waals surface area contributed by atoms with E-state index in [1.54, 1.807) is 7.11 Å². The number of benzene rings is 1. The van der Waals surface area contributed by atoms with Gasteiger partial charge in [0.05, 0.1) is 21.1 Å². The Balaban J connectivity index is 1.93. The van der Waals surface area contributed by atoms with Gasteiger partial charge in [-0.05, 0) is 37.0 Å². The molecule has 1 aliphatic rings. The maximum absolute atomic E-state index is 6.34. The Hall–Kier alpha value is -0.565. The third-order valence-corrected chi connectivity index (χ3v) is 3.90. The Bertz CT molecular complexity index is 387. The lowest BCUT2D eigenvalue weighted by atomic mass is 9.74. The van der Waals surface area contributed by atoms with Crippen LogP contribution < -0.4 is 10.1 Å². The molecule has 0 aromatic heterocycles. The molecule has 3 atom stereocenters. The van der Waals surface area contributed by atoms with Gasteiger partial charge in [0.2, 0.25) is 0 Å². The van der Waals surface area contributed by atoms with E-state index in [9.17, 15) is 0 Å². The molecule has 2 rings (SSSR count). The van der Waals surface area contributed by atoms with Gasteiger partial charge in [-0.15, -0.1) is 0 Å². The first-order chi connectivity index (χ1) is 8.68. The van der Waals surface area contributed by atoms with Gasteiger partial charge in [0.15, 0.2) is 0 Å². The second kappa shape index (κ2) is 6.05. The Labute approximate surface area is 112 Å². The van der Waals surface area contributed by atoms with Gasteiger partial charge in [-0.3, -0.25) is 0 Å². The molecular formula is C13H19BNO2P. The average molecular weight is 263 g/mol. The van der Waals surface area contributed by atoms with E-state index in [-0.39, 0.29) is 6.10 Å². The summed E-state index contributed by atoms with van der Waals surface area (Å²) >= 11 is 0. The highest BCUT2D eigenvalue weighted by Gasteiger charge is 2.37. The summed E-state index contributed by atoms with van der Waals surface area (Å²) in [7, 11) is 10.3. The molecule has 1 unspecified atom stereocenters. The SMILES string of the molecule is [B][C@@]1(NCc2ccc(OC)cc2)CCC[C@H]1OP. The van der Waals surface area contributed by atoms with Crippen LogP contribution in [0.5, 0.6) is 5.75 Å². The highest BCUT2D eigenvalue weighted by Crippen LogP contribution is 2.31. The van der Waals surface area contributed by atoms with Crippen LogP contribution in [-0.2, 0) is 11.1 Å². The summed E-state index contributed by atoms with van der Waals surface area (Å²) in [5, 5.41) is 3.41. The molecule has 1 fully saturated rings. The standard InChI is InChI=1S/C13H19BNO2P/c1-16-11-6-4-10(5-7-11)9-15-13(14)8-2-3-12(13)17-18/h4-7,12,15H,2-3,8-9,18H2,1H3/t12-,13-/m1/s1. The second-order valence-corrected chi connectivity index (χ2v) is 5.03. The molecule has 1 aromatic rings. The zero-order chi connectivity index (χ0) is 13.0. The topological polar surface area (TPSA) is 30.5 Å². The van der Waals surface area contributed by atoms with Crippen LogP contribution in [0.15, 0.2) is 24.3 Å². The molecule has 3 nitrogen and oxygen atoms in total. The fourth-order valence-electron chi connectivity index (χ4n) is 2.40. The quantitative estimate of drug-likeness (QED) is 0.651. The van der Waals surface area contributed by atoms with Crippen LogP contribution in [0.1, 0.15) is 24.8 Å². The van der Waals surface area contributed by atoms with E-state index >= 15 is 0 Å². The molecule has 0 spiro atoms. The highest BCUT2D eigenvalue weighted by atomic mass is 31.0. The molecule has 96 valence electrons. The van der Waals surface area contributed by atoms with E-state index in [1.165, 1.54) is 5.56 Å². The summed E-state index contributed by atoms with van der Waals surface area (Å²) in [5.74, 6) is 0.869. The number of rotatable bonds is 5. The predicted octanol–water partition coefficient (Wildman–Crippen LogP) is 2.01. The summed E-state index contributed by atoms with van der Waals surface area (Å²) in [4.78, 5) is 0. The maximum Gasteiger partial charge on any atom is 0.118 e. The van der Waals surface area contributed by atoms with Gasteiger partial charge in [0.25, 0.3) is 0 Å². The Kier molecular flexibility index (Phi) is 4.66. The maximum atomic E-state index is 6.34. The first-order valence-corrected chi connectivity index (χ1v) is 6.67. The predicted molar refractivity (Wildman–Crippen MR) is 76.8 cm³/mol. The molecule has 1 N–H and O–H groups in total. The molecule has 18 heavy (non-hydrogen) atoms. The summed E-state index contributed by atoms with van der Waals surface area (Å²) in [6.07, 6.45) is 3.13. The van der Waals surface area contributed by atoms with Crippen LogP contribution in [0.2, 0.25) is 0 Å². The minimum Gasteiger partial charge on any atom is -0.497 e. The van der Waals surface area contributed by atoms with E-state index in [1.807, 2.05) is 24.3 Å². The number of hydrogen-bond donors (Lipinski definition) is 1. The number of ether oxygens (including phenoxy) is 1. The smallest absolute Gasteiger partial charge is 0.118 e. The number of hydrogen-bond acceptors (Lipinski definition) is 3. The normalized spacial score (nSPS) is 27.3. The van der Waals surface area contributed by atoms with Gasteiger partial charge >= 0.3 is 0 Å². The van der Waals surface area contributed by atoms with Gasteiger partial charge in [-0.1, -0.05) is 12.1 Å². The van der Waals surface area contributed by atoms with Crippen LogP contribution in [0.4, 0.5) is 0 Å². The van der Waals surface area contributed by atoms with Crippen LogP contribution in [0.25, 0.3) is 0 Å². The molecule has 0 aliphatic heterocycles. The first kappa shape index (κ1) is 13.9. The van der Waals surface area contributed by atoms with E-state index in [0.717, 1.165) is 31.6 Å². The summed E-state index contributed by atoms with van der Waals surface area (Å²) in [6.45, 7) is 0.741. The van der Waals surface area contributed by atoms with Crippen molar-refractivity contribution < 1.29 is 9.26 Å². The Morgan fingerprint density at radius 2 is 2.17 bits per heavy atom. The lowest BCUT2D eigenvalue weighted by Crippen LogP contribution is -2.51. The summed E-state index contributed by atoms with van der Waals surface area (Å²) < 4.78 is 10.5. The third-order valence-electron chi connectivity index (χ3n) is 3.58. The molecule has 0 amide bonds. The van der Waals surface area contributed by atoms with Crippen LogP contribution >= 0.6 is 9.47 Å². The second-order valence-electron chi connectivity index (χ2n) is 4.76. The first-order valence-electron chi connectivity index (χ1n) is 6.20. The van der Waals surface area contributed by atoms with Crippen molar-refractivity contribution >= 4 is 17.3 Å². The van der Waals surface area contributed by atoms with Crippen molar-refractivity contribution in [3.05, 3.63) is 29.8 Å². The van der Waals surface area contributed by atoms with Gasteiger partial charge in [-0.2, -0.15) is 0 Å². The molecule has 1 aromatic carbocycles. The minimum absolute atomic E-state index is 0.0701. The third kappa shape index (κ3) is 3.06. The van der Waals surface area contributed by atoms with Crippen molar-refractivity contribution in [2.24, 2.45) is 0 Å². The molecule has 1 saturated carbocycles. The number of methoxy groups -OCH3 is 1. The van der Waals surface area contributed by atoms with Crippen LogP contribution in [0.3, 0.4) is 0 Å². The zero-order valence-corrected chi connectivity index (χ0v) is 11.8. The summed E-state index contributed by atoms with van der Waals surface area (Å²) in [6, 6.07) is 8.00. The van der Waals surface area contributed by atoms with Crippen molar-refractivity contribution in [3.63, 3.8) is 0 Å². The fourth-order valence-corrected chi connectivity index (χ4v) is 2.78. The number of nitrogens with one attached hydrogen (secondary N) is 1. The minimum atomic E-state index is -0.415. The van der Waals surface area contributed by atoms with E-state index < -0.39 is 5.44 Å². The van der Waals surface area contributed by atoms with Gasteiger partial charge in [0.1, 0.15) is 5.75 Å². The molecule has 0 heterocycles. The Morgan fingerprint density at radius 1 is 1.44 bits per heavy atom. The van der Waals surface area contributed by atoms with Gasteiger partial charge in [0, 0.05) is 21.4 Å². The van der Waals surface area contributed by atoms with Crippen molar-refractivity contribution in [1.82, 2.24) is 5.32 Å². The Morgan fingerprint density at radius 3 is 2.78 bits per heavy atom. The highest BCUT2D eigenvalue weighted by molar-refractivity contribution is 7.09. The molecule has 1 aliphatic carbocycles. The molecule has 0 bridgehead atoms. The fraction of sp³-hybridized carbons (Fsp3) is 0.538. The monoisotopic (exact) mass is 263 g/mol. The zero-order valence-electron chi connectivity index (χ0n) is 10.7. The van der Waals surface area contributed by atoms with E-state index in [2.05, 4.69) is 14.8 Å². The van der Waals surface area contributed by atoms with Crippen LogP contribution in [-0.4, -0.2) is 26.5 Å². The van der Waals surface area contributed by atoms with Crippen molar-refractivity contribution in [2.75, 3.05) is 7.11 Å². The van der Waals surface area contributed by atoms with Crippen molar-refractivity contribution in [1.29, 1.82) is 0 Å². The van der Waals surface area contributed by atoms with Crippen molar-refractivity contribution in [3.8, 4) is 5.75 Å². The lowest BCUT2D eigenvalue weighted by molar-refractivity contribution is 0.182. The van der Waals surface area contributed by atoms with Gasteiger partial charge < -0.3 is 14.6 Å². The molecule has 5 heteroatoms. The van der Waals surface area contributed by atoms with E-state index in [0.29, 0.717) is 0 Å². The molecular weight excluding hydrogens is 244 g/mol. The average Bonchev–Trinajstić information content (AvgIpc) is 2.78.